The van der Waals surface area contributed by atoms with E-state index in [-0.39, 0.29) is 5.82 Å². The van der Waals surface area contributed by atoms with Crippen molar-refractivity contribution in [2.45, 2.75) is 51.4 Å². The summed E-state index contributed by atoms with van der Waals surface area (Å²) in [6.07, 6.45) is 0.542. The fraction of sp³-hybridized carbons (Fsp3) is 0.562. The van der Waals surface area contributed by atoms with Gasteiger partial charge in [0, 0.05) is 22.0 Å². The summed E-state index contributed by atoms with van der Waals surface area (Å²) >= 11 is 0.896. The quantitative estimate of drug-likeness (QED) is 0.308. The third-order valence-electron chi connectivity index (χ3n) is 3.52. The van der Waals surface area contributed by atoms with Gasteiger partial charge in [0.1, 0.15) is 33.3 Å². The highest BCUT2D eigenvalue weighted by molar-refractivity contribution is 14.1. The Morgan fingerprint density at radius 3 is 2.68 bits per heavy atom. The molecule has 3 nitrogen and oxygen atoms in total. The molecule has 0 aromatic heterocycles. The molecule has 122 valence electrons. The van der Waals surface area contributed by atoms with Gasteiger partial charge in [-0.05, 0) is 46.8 Å². The predicted molar refractivity (Wildman–Crippen MR) is 98.1 cm³/mol. The lowest BCUT2D eigenvalue weighted by molar-refractivity contribution is 0.147. The molecule has 0 aliphatic carbocycles. The van der Waals surface area contributed by atoms with E-state index < -0.39 is 21.7 Å². The minimum absolute atomic E-state index is 0.253. The zero-order chi connectivity index (χ0) is 16.7. The van der Waals surface area contributed by atoms with Gasteiger partial charge in [0.25, 0.3) is 0 Å². The maximum atomic E-state index is 14.1. The molecule has 1 heterocycles. The van der Waals surface area contributed by atoms with Crippen LogP contribution in [0.3, 0.4) is 0 Å². The van der Waals surface area contributed by atoms with Crippen LogP contribution in [0.5, 0.6) is 5.75 Å². The van der Waals surface area contributed by atoms with E-state index >= 15 is 0 Å². The summed E-state index contributed by atoms with van der Waals surface area (Å²) in [6, 6.07) is 3.10. The normalized spacial score (nSPS) is 23.2. The maximum Gasteiger partial charge on any atom is 0.144 e. The van der Waals surface area contributed by atoms with Crippen LogP contribution in [0.25, 0.3) is 0 Å². The Bertz CT molecular complexity index is 615. The molecule has 6 heteroatoms. The van der Waals surface area contributed by atoms with Gasteiger partial charge in [-0.25, -0.2) is 4.39 Å². The van der Waals surface area contributed by atoms with Crippen molar-refractivity contribution in [3.8, 4) is 5.75 Å². The molecule has 1 aromatic rings. The van der Waals surface area contributed by atoms with Crippen molar-refractivity contribution in [1.82, 2.24) is 0 Å². The molecular weight excluding hydrogens is 416 g/mol. The van der Waals surface area contributed by atoms with Gasteiger partial charge in [-0.1, -0.05) is 27.0 Å². The van der Waals surface area contributed by atoms with E-state index in [4.69, 9.17) is 4.74 Å². The second-order valence-corrected chi connectivity index (χ2v) is 9.47. The summed E-state index contributed by atoms with van der Waals surface area (Å²) in [6.45, 7) is 9.39. The molecule has 0 bridgehead atoms. The van der Waals surface area contributed by atoms with E-state index in [1.165, 1.54) is 6.07 Å². The first kappa shape index (κ1) is 18.0. The Balaban J connectivity index is 2.44. The zero-order valence-electron chi connectivity index (χ0n) is 13.5. The standard InChI is InChI=1S/C16H21FINO2S/c1-10(19-22(20)15(2,3)4)11-6-7-13(17)12-8-16(5,9-18)21-14(11)12/h6-7H,8-9H2,1-5H3/b19-10+/t16?,22-/m1/s1. The molecule has 0 amide bonds. The molecular formula is C16H21FINO2S. The Labute approximate surface area is 148 Å². The van der Waals surface area contributed by atoms with E-state index in [1.54, 1.807) is 13.0 Å². The summed E-state index contributed by atoms with van der Waals surface area (Å²) in [4.78, 5) is 0. The highest BCUT2D eigenvalue weighted by atomic mass is 127. The largest absolute Gasteiger partial charge is 0.591 e. The number of halogens is 2. The first-order valence-electron chi connectivity index (χ1n) is 7.11. The van der Waals surface area contributed by atoms with Gasteiger partial charge in [0.05, 0.1) is 5.71 Å². The lowest BCUT2D eigenvalue weighted by atomic mass is 9.99. The number of hydrogen-bond donors (Lipinski definition) is 0. The van der Waals surface area contributed by atoms with Crippen LogP contribution in [0.15, 0.2) is 16.5 Å². The summed E-state index contributed by atoms with van der Waals surface area (Å²) < 4.78 is 36.9. The van der Waals surface area contributed by atoms with Crippen molar-refractivity contribution < 1.29 is 13.7 Å². The number of nitrogens with zero attached hydrogens (tertiary/aromatic N) is 1. The average Bonchev–Trinajstić information content (AvgIpc) is 2.77. The molecule has 0 radical (unpaired) electrons. The topological polar surface area (TPSA) is 44.7 Å². The van der Waals surface area contributed by atoms with Gasteiger partial charge >= 0.3 is 0 Å². The van der Waals surface area contributed by atoms with Gasteiger partial charge in [-0.2, -0.15) is 0 Å². The van der Waals surface area contributed by atoms with Crippen molar-refractivity contribution in [1.29, 1.82) is 0 Å². The molecule has 0 saturated heterocycles. The molecule has 1 aromatic carbocycles. The van der Waals surface area contributed by atoms with E-state index in [0.29, 0.717) is 23.4 Å². The van der Waals surface area contributed by atoms with Crippen LogP contribution < -0.4 is 4.74 Å². The Morgan fingerprint density at radius 1 is 1.50 bits per heavy atom. The number of ether oxygens (including phenoxy) is 1. The molecule has 0 N–H and O–H groups in total. The number of alkyl halides is 1. The molecule has 0 saturated carbocycles. The van der Waals surface area contributed by atoms with Crippen molar-refractivity contribution in [3.63, 3.8) is 0 Å². The van der Waals surface area contributed by atoms with Crippen LogP contribution in [0.4, 0.5) is 4.39 Å². The van der Waals surface area contributed by atoms with Crippen molar-refractivity contribution >= 4 is 39.7 Å². The first-order chi connectivity index (χ1) is 10.1. The third kappa shape index (κ3) is 3.59. The van der Waals surface area contributed by atoms with E-state index in [9.17, 15) is 8.94 Å². The SMILES string of the molecule is C/C(=N\[S@+]([O-])C(C)(C)C)c1ccc(F)c2c1OC(C)(CI)C2. The fourth-order valence-corrected chi connectivity index (χ4v) is 3.26. The number of benzene rings is 1. The fourth-order valence-electron chi connectivity index (χ4n) is 2.21. The molecule has 2 rings (SSSR count). The minimum Gasteiger partial charge on any atom is -0.591 e. The van der Waals surface area contributed by atoms with Gasteiger partial charge in [0.15, 0.2) is 0 Å². The van der Waals surface area contributed by atoms with Crippen LogP contribution in [0.2, 0.25) is 0 Å². The highest BCUT2D eigenvalue weighted by Gasteiger charge is 2.38. The van der Waals surface area contributed by atoms with Crippen molar-refractivity contribution in [2.24, 2.45) is 4.40 Å². The summed E-state index contributed by atoms with van der Waals surface area (Å²) in [7, 11) is 0. The van der Waals surface area contributed by atoms with Crippen LogP contribution >= 0.6 is 22.6 Å². The van der Waals surface area contributed by atoms with Gasteiger partial charge in [-0.15, -0.1) is 0 Å². The summed E-state index contributed by atoms with van der Waals surface area (Å²) in [5.41, 5.74) is 1.53. The van der Waals surface area contributed by atoms with E-state index in [2.05, 4.69) is 27.0 Å². The molecule has 1 unspecified atom stereocenters. The molecule has 0 spiro atoms. The molecule has 1 aliphatic rings. The summed E-state index contributed by atoms with van der Waals surface area (Å²) in [5.74, 6) is 0.295. The number of rotatable bonds is 3. The summed E-state index contributed by atoms with van der Waals surface area (Å²) in [5, 5.41) is 0. The van der Waals surface area contributed by atoms with Crippen LogP contribution in [-0.2, 0) is 17.8 Å². The number of hydrogen-bond acceptors (Lipinski definition) is 3. The first-order valence-corrected chi connectivity index (χ1v) is 9.75. The monoisotopic (exact) mass is 437 g/mol. The second-order valence-electron chi connectivity index (χ2n) is 6.80. The maximum absolute atomic E-state index is 14.1. The zero-order valence-corrected chi connectivity index (χ0v) is 16.5. The molecule has 2 atom stereocenters. The van der Waals surface area contributed by atoms with Gasteiger partial charge in [-0.3, -0.25) is 0 Å². The van der Waals surface area contributed by atoms with E-state index in [1.807, 2.05) is 27.7 Å². The smallest absolute Gasteiger partial charge is 0.144 e. The molecule has 1 aliphatic heterocycles. The minimum atomic E-state index is -1.35. The van der Waals surface area contributed by atoms with E-state index in [0.717, 1.165) is 9.99 Å². The van der Waals surface area contributed by atoms with Crippen LogP contribution in [0, 0.1) is 5.82 Å². The van der Waals surface area contributed by atoms with Crippen LogP contribution in [0.1, 0.15) is 45.7 Å². The third-order valence-corrected chi connectivity index (χ3v) is 6.62. The lowest BCUT2D eigenvalue weighted by Crippen LogP contribution is -2.32. The average molecular weight is 437 g/mol. The Morgan fingerprint density at radius 2 is 2.14 bits per heavy atom. The lowest BCUT2D eigenvalue weighted by Gasteiger charge is -2.21. The molecule has 0 fully saturated rings. The number of fused-ring (bicyclic) bond motifs is 1. The Hall–Kier alpha value is -0.340. The van der Waals surface area contributed by atoms with Gasteiger partial charge < -0.3 is 9.29 Å². The highest BCUT2D eigenvalue weighted by Crippen LogP contribution is 2.40. The molecule has 22 heavy (non-hydrogen) atoms. The van der Waals surface area contributed by atoms with Crippen molar-refractivity contribution in [3.05, 3.63) is 29.1 Å². The van der Waals surface area contributed by atoms with Gasteiger partial charge in [0.2, 0.25) is 0 Å². The second kappa shape index (κ2) is 6.28. The van der Waals surface area contributed by atoms with Crippen molar-refractivity contribution in [2.75, 3.05) is 4.43 Å². The van der Waals surface area contributed by atoms with Crippen LogP contribution in [-0.4, -0.2) is 25.0 Å². The Kier molecular flexibility index (Phi) is 5.14. The predicted octanol–water partition coefficient (Wildman–Crippen LogP) is 4.23.